The van der Waals surface area contributed by atoms with E-state index in [1.54, 1.807) is 5.41 Å². The number of esters is 2. The molecule has 0 fully saturated rings. The molecule has 1 aliphatic rings. The van der Waals surface area contributed by atoms with Gasteiger partial charge in [-0.3, -0.25) is 0 Å². The summed E-state index contributed by atoms with van der Waals surface area (Å²) >= 11 is 1.45. The Morgan fingerprint density at radius 1 is 0.893 bits per heavy atom. The molecule has 0 saturated carbocycles. The third-order valence-corrected chi connectivity index (χ3v) is 5.70. The molecule has 1 heterocycles. The third-order valence-electron chi connectivity index (χ3n) is 4.77. The number of hydrogen-bond donors (Lipinski definition) is 1. The van der Waals surface area contributed by atoms with E-state index in [9.17, 15) is 9.59 Å². The molecule has 0 radical (unpaired) electrons. The van der Waals surface area contributed by atoms with Crippen LogP contribution in [0.5, 0.6) is 0 Å². The Balaban J connectivity index is 2.15. The van der Waals surface area contributed by atoms with Crippen molar-refractivity contribution in [1.82, 2.24) is 5.32 Å². The van der Waals surface area contributed by atoms with Gasteiger partial charge in [0.25, 0.3) is 0 Å². The van der Waals surface area contributed by atoms with Crippen molar-refractivity contribution in [3.05, 3.63) is 11.1 Å². The Bertz CT molecular complexity index is 467. The first-order chi connectivity index (χ1) is 13.7. The van der Waals surface area contributed by atoms with Gasteiger partial charge in [0, 0.05) is 11.2 Å². The summed E-state index contributed by atoms with van der Waals surface area (Å²) in [6.07, 6.45) is 13.9. The van der Waals surface area contributed by atoms with Crippen molar-refractivity contribution in [2.24, 2.45) is 0 Å². The van der Waals surface area contributed by atoms with Gasteiger partial charge in [0.05, 0.1) is 13.2 Å². The molecule has 1 rings (SSSR count). The summed E-state index contributed by atoms with van der Waals surface area (Å²) in [7, 11) is 0. The number of hydrogen-bond acceptors (Lipinski definition) is 6. The fourth-order valence-electron chi connectivity index (χ4n) is 3.01. The lowest BCUT2D eigenvalue weighted by Crippen LogP contribution is -2.43. The topological polar surface area (TPSA) is 64.6 Å². The van der Waals surface area contributed by atoms with Crippen LogP contribution >= 0.6 is 11.8 Å². The van der Waals surface area contributed by atoms with Gasteiger partial charge in [-0.1, -0.05) is 78.1 Å². The molecule has 0 bridgehead atoms. The van der Waals surface area contributed by atoms with E-state index in [0.29, 0.717) is 24.7 Å². The molecule has 0 aliphatic carbocycles. The number of ether oxygens (including phenoxy) is 2. The summed E-state index contributed by atoms with van der Waals surface area (Å²) in [6, 6.07) is -0.480. The highest BCUT2D eigenvalue weighted by Crippen LogP contribution is 2.17. The van der Waals surface area contributed by atoms with Crippen molar-refractivity contribution < 1.29 is 19.1 Å². The SMILES string of the molecule is CCCCCCCCOC(=O)C1=CSC[C@@H](C(=O)OCCCCCCCC)N1. The third kappa shape index (κ3) is 11.6. The first kappa shape index (κ1) is 24.9. The lowest BCUT2D eigenvalue weighted by atomic mass is 10.1. The fraction of sp³-hybridized carbons (Fsp3) is 0.818. The molecular formula is C22H39NO4S. The smallest absolute Gasteiger partial charge is 0.354 e. The fourth-order valence-corrected chi connectivity index (χ4v) is 3.84. The number of carbonyl (C=O) groups excluding carboxylic acids is 2. The second-order valence-corrected chi connectivity index (χ2v) is 8.30. The van der Waals surface area contributed by atoms with Gasteiger partial charge in [-0.2, -0.15) is 0 Å². The van der Waals surface area contributed by atoms with Gasteiger partial charge in [0.2, 0.25) is 0 Å². The van der Waals surface area contributed by atoms with E-state index < -0.39 is 6.04 Å². The highest BCUT2D eigenvalue weighted by atomic mass is 32.2. The largest absolute Gasteiger partial charge is 0.464 e. The molecule has 6 heteroatoms. The van der Waals surface area contributed by atoms with Gasteiger partial charge >= 0.3 is 11.9 Å². The lowest BCUT2D eigenvalue weighted by molar-refractivity contribution is -0.145. The Morgan fingerprint density at radius 3 is 2.04 bits per heavy atom. The Kier molecular flexibility index (Phi) is 14.9. The van der Waals surface area contributed by atoms with E-state index in [4.69, 9.17) is 9.47 Å². The van der Waals surface area contributed by atoms with Crippen LogP contribution in [0.15, 0.2) is 11.1 Å². The van der Waals surface area contributed by atoms with Crippen LogP contribution in [0.4, 0.5) is 0 Å². The summed E-state index contributed by atoms with van der Waals surface area (Å²) in [5, 5.41) is 4.72. The second-order valence-electron chi connectivity index (χ2n) is 7.40. The normalized spacial score (nSPS) is 16.2. The minimum Gasteiger partial charge on any atom is -0.464 e. The van der Waals surface area contributed by atoms with Crippen molar-refractivity contribution in [2.45, 2.75) is 96.9 Å². The van der Waals surface area contributed by atoms with Crippen LogP contribution in [0.1, 0.15) is 90.9 Å². The van der Waals surface area contributed by atoms with Gasteiger partial charge in [0.1, 0.15) is 11.7 Å². The predicted molar refractivity (Wildman–Crippen MR) is 116 cm³/mol. The monoisotopic (exact) mass is 413 g/mol. The summed E-state index contributed by atoms with van der Waals surface area (Å²) in [5.41, 5.74) is 0.365. The van der Waals surface area contributed by atoms with Crippen molar-refractivity contribution in [2.75, 3.05) is 19.0 Å². The summed E-state index contributed by atoms with van der Waals surface area (Å²) < 4.78 is 10.7. The van der Waals surface area contributed by atoms with Crippen molar-refractivity contribution in [1.29, 1.82) is 0 Å². The summed E-state index contributed by atoms with van der Waals surface area (Å²) in [6.45, 7) is 5.28. The molecule has 1 aliphatic heterocycles. The van der Waals surface area contributed by atoms with E-state index in [1.165, 1.54) is 63.1 Å². The lowest BCUT2D eigenvalue weighted by Gasteiger charge is -2.22. The van der Waals surface area contributed by atoms with Crippen LogP contribution in [0.25, 0.3) is 0 Å². The van der Waals surface area contributed by atoms with Crippen molar-refractivity contribution in [3.8, 4) is 0 Å². The van der Waals surface area contributed by atoms with Gasteiger partial charge in [-0.05, 0) is 12.8 Å². The first-order valence-corrected chi connectivity index (χ1v) is 12.2. The number of thioether (sulfide) groups is 1. The summed E-state index contributed by atoms with van der Waals surface area (Å²) in [4.78, 5) is 24.4. The highest BCUT2D eigenvalue weighted by Gasteiger charge is 2.27. The Hall–Kier alpha value is -1.17. The second kappa shape index (κ2) is 16.8. The molecule has 1 atom stereocenters. The van der Waals surface area contributed by atoms with Crippen LogP contribution in [0.2, 0.25) is 0 Å². The molecule has 0 saturated heterocycles. The van der Waals surface area contributed by atoms with Gasteiger partial charge in [-0.15, -0.1) is 11.8 Å². The molecule has 0 unspecified atom stereocenters. The molecule has 0 aromatic carbocycles. The van der Waals surface area contributed by atoms with Crippen molar-refractivity contribution in [3.63, 3.8) is 0 Å². The Labute approximate surface area is 175 Å². The van der Waals surface area contributed by atoms with E-state index in [2.05, 4.69) is 19.2 Å². The number of nitrogens with one attached hydrogen (secondary N) is 1. The maximum Gasteiger partial charge on any atom is 0.354 e. The minimum atomic E-state index is -0.480. The van der Waals surface area contributed by atoms with Gasteiger partial charge in [0.15, 0.2) is 0 Å². The zero-order chi connectivity index (χ0) is 20.5. The van der Waals surface area contributed by atoms with E-state index in [1.807, 2.05) is 0 Å². The number of rotatable bonds is 16. The van der Waals surface area contributed by atoms with Crippen LogP contribution in [0, 0.1) is 0 Å². The number of unbranched alkanes of at least 4 members (excludes halogenated alkanes) is 10. The van der Waals surface area contributed by atoms with Crippen LogP contribution in [-0.2, 0) is 19.1 Å². The minimum absolute atomic E-state index is 0.282. The zero-order valence-corrected chi connectivity index (χ0v) is 18.6. The van der Waals surface area contributed by atoms with Crippen molar-refractivity contribution >= 4 is 23.7 Å². The maximum absolute atomic E-state index is 12.2. The van der Waals surface area contributed by atoms with E-state index in [0.717, 1.165) is 25.7 Å². The molecular weight excluding hydrogens is 374 g/mol. The summed E-state index contributed by atoms with van der Waals surface area (Å²) in [5.74, 6) is -0.0892. The molecule has 0 spiro atoms. The Morgan fingerprint density at radius 2 is 1.43 bits per heavy atom. The molecule has 28 heavy (non-hydrogen) atoms. The zero-order valence-electron chi connectivity index (χ0n) is 17.8. The standard InChI is InChI=1S/C22H39NO4S/c1-3-5-7-9-11-13-15-26-21(24)19-17-28-18-20(23-19)22(25)27-16-14-12-10-8-6-4-2/h17,20,23H,3-16,18H2,1-2H3/t20-/m0/s1. The average molecular weight is 414 g/mol. The number of carbonyl (C=O) groups is 2. The average Bonchev–Trinajstić information content (AvgIpc) is 2.72. The predicted octanol–water partition coefficient (Wildman–Crippen LogP) is 5.34. The van der Waals surface area contributed by atoms with Gasteiger partial charge < -0.3 is 14.8 Å². The molecule has 0 amide bonds. The van der Waals surface area contributed by atoms with Crippen LogP contribution < -0.4 is 5.32 Å². The van der Waals surface area contributed by atoms with E-state index in [-0.39, 0.29) is 11.9 Å². The molecule has 0 aromatic rings. The highest BCUT2D eigenvalue weighted by molar-refractivity contribution is 8.02. The molecule has 1 N–H and O–H groups in total. The van der Waals surface area contributed by atoms with Crippen LogP contribution in [-0.4, -0.2) is 36.9 Å². The maximum atomic E-state index is 12.2. The van der Waals surface area contributed by atoms with Gasteiger partial charge in [-0.25, -0.2) is 9.59 Å². The quantitative estimate of drug-likeness (QED) is 0.272. The molecule has 0 aromatic heterocycles. The molecule has 5 nitrogen and oxygen atoms in total. The first-order valence-electron chi connectivity index (χ1n) is 11.1. The van der Waals surface area contributed by atoms with Crippen LogP contribution in [0.3, 0.4) is 0 Å². The van der Waals surface area contributed by atoms with E-state index >= 15 is 0 Å². The molecule has 162 valence electrons.